The van der Waals surface area contributed by atoms with Crippen LogP contribution < -0.4 is 5.43 Å². The van der Waals surface area contributed by atoms with E-state index >= 15 is 0 Å². The first-order valence-corrected chi connectivity index (χ1v) is 3.97. The van der Waals surface area contributed by atoms with Crippen molar-refractivity contribution in [3.63, 3.8) is 0 Å². The summed E-state index contributed by atoms with van der Waals surface area (Å²) in [5.41, 5.74) is 2.21. The van der Waals surface area contributed by atoms with Gasteiger partial charge in [0.1, 0.15) is 0 Å². The zero-order valence-electron chi connectivity index (χ0n) is 5.84. The minimum absolute atomic E-state index is 0.687. The standard InChI is InChI=1S/C5H7F2N3S/c1-2-11-10-8-4(6)3-5(7)9-10/h3,8H,2H2,1H3. The summed E-state index contributed by atoms with van der Waals surface area (Å²) < 4.78 is 25.8. The smallest absolute Gasteiger partial charge is 0.238 e. The van der Waals surface area contributed by atoms with Crippen LogP contribution in [-0.4, -0.2) is 16.2 Å². The Morgan fingerprint density at radius 3 is 3.00 bits per heavy atom. The van der Waals surface area contributed by atoms with E-state index in [9.17, 15) is 8.78 Å². The number of hydrazine groups is 1. The lowest BCUT2D eigenvalue weighted by atomic mass is 10.6. The Balaban J connectivity index is 2.56. The molecular weight excluding hydrogens is 172 g/mol. The fourth-order valence-corrected chi connectivity index (χ4v) is 1.08. The monoisotopic (exact) mass is 179 g/mol. The van der Waals surface area contributed by atoms with Crippen LogP contribution in [0.3, 0.4) is 0 Å². The van der Waals surface area contributed by atoms with E-state index in [1.807, 2.05) is 6.92 Å². The SMILES string of the molecule is CCSN1N=C(F)C=C(F)N1. The molecule has 0 amide bonds. The predicted molar refractivity (Wildman–Crippen MR) is 40.8 cm³/mol. The van der Waals surface area contributed by atoms with E-state index in [-0.39, 0.29) is 0 Å². The van der Waals surface area contributed by atoms with Crippen LogP contribution in [0.4, 0.5) is 8.78 Å². The number of hydrogen-bond acceptors (Lipinski definition) is 4. The Kier molecular flexibility index (Phi) is 2.70. The van der Waals surface area contributed by atoms with Gasteiger partial charge in [-0.05, 0) is 11.9 Å². The summed E-state index contributed by atoms with van der Waals surface area (Å²) in [5.74, 6) is -0.877. The molecule has 0 aliphatic carbocycles. The molecule has 0 radical (unpaired) electrons. The van der Waals surface area contributed by atoms with Gasteiger partial charge in [0.05, 0.1) is 0 Å². The lowest BCUT2D eigenvalue weighted by Gasteiger charge is -2.19. The van der Waals surface area contributed by atoms with Crippen LogP contribution in [0.2, 0.25) is 0 Å². The van der Waals surface area contributed by atoms with Gasteiger partial charge in [0.2, 0.25) is 11.9 Å². The summed E-state index contributed by atoms with van der Waals surface area (Å²) in [6, 6.07) is 0. The number of nitrogens with one attached hydrogen (secondary N) is 1. The molecule has 0 aromatic carbocycles. The van der Waals surface area contributed by atoms with Gasteiger partial charge in [0, 0.05) is 11.8 Å². The Morgan fingerprint density at radius 2 is 2.45 bits per heavy atom. The first kappa shape index (κ1) is 8.32. The van der Waals surface area contributed by atoms with Crippen LogP contribution in [0.1, 0.15) is 6.92 Å². The number of nitrogens with zero attached hydrogens (tertiary/aromatic N) is 2. The molecule has 1 aliphatic rings. The second-order valence-corrected chi connectivity index (χ2v) is 2.90. The predicted octanol–water partition coefficient (Wildman–Crippen LogP) is 1.57. The van der Waals surface area contributed by atoms with Crippen LogP contribution in [0, 0.1) is 0 Å². The third kappa shape index (κ3) is 2.38. The normalized spacial score (nSPS) is 17.2. The topological polar surface area (TPSA) is 27.6 Å². The van der Waals surface area contributed by atoms with Crippen LogP contribution in [-0.2, 0) is 0 Å². The molecule has 0 aromatic heterocycles. The van der Waals surface area contributed by atoms with Crippen molar-refractivity contribution in [3.05, 3.63) is 12.0 Å². The average molecular weight is 179 g/mol. The first-order chi connectivity index (χ1) is 5.22. The largest absolute Gasteiger partial charge is 0.246 e. The molecule has 62 valence electrons. The zero-order valence-corrected chi connectivity index (χ0v) is 6.66. The van der Waals surface area contributed by atoms with E-state index < -0.39 is 11.9 Å². The summed E-state index contributed by atoms with van der Waals surface area (Å²) in [6.45, 7) is 1.86. The highest BCUT2D eigenvalue weighted by atomic mass is 32.2. The Morgan fingerprint density at radius 1 is 1.73 bits per heavy atom. The third-order valence-corrected chi connectivity index (χ3v) is 1.56. The van der Waals surface area contributed by atoms with Crippen molar-refractivity contribution in [2.45, 2.75) is 6.92 Å². The molecule has 0 spiro atoms. The maximum atomic E-state index is 12.4. The molecule has 11 heavy (non-hydrogen) atoms. The van der Waals surface area contributed by atoms with Gasteiger partial charge in [-0.15, -0.1) is 9.62 Å². The second kappa shape index (κ2) is 3.56. The Hall–Kier alpha value is -0.780. The average Bonchev–Trinajstić information content (AvgIpc) is 1.85. The lowest BCUT2D eigenvalue weighted by Crippen LogP contribution is -2.29. The summed E-state index contributed by atoms with van der Waals surface area (Å²) in [4.78, 5) is 0. The van der Waals surface area contributed by atoms with Gasteiger partial charge in [0.25, 0.3) is 0 Å². The van der Waals surface area contributed by atoms with E-state index in [2.05, 4.69) is 10.5 Å². The molecule has 0 unspecified atom stereocenters. The molecule has 1 rings (SSSR count). The highest BCUT2D eigenvalue weighted by Gasteiger charge is 2.11. The van der Waals surface area contributed by atoms with Gasteiger partial charge >= 0.3 is 0 Å². The van der Waals surface area contributed by atoms with E-state index in [4.69, 9.17) is 0 Å². The first-order valence-electron chi connectivity index (χ1n) is 3.03. The van der Waals surface area contributed by atoms with Crippen molar-refractivity contribution in [1.29, 1.82) is 0 Å². The van der Waals surface area contributed by atoms with E-state index in [1.165, 1.54) is 11.9 Å². The molecule has 0 aromatic rings. The fourth-order valence-electron chi connectivity index (χ4n) is 0.552. The number of allylic oxidation sites excluding steroid dienone is 1. The van der Waals surface area contributed by atoms with Crippen molar-refractivity contribution in [2.24, 2.45) is 5.10 Å². The summed E-state index contributed by atoms with van der Waals surface area (Å²) in [7, 11) is 0. The number of hydrogen-bond donors (Lipinski definition) is 1. The van der Waals surface area contributed by atoms with Gasteiger partial charge < -0.3 is 0 Å². The van der Waals surface area contributed by atoms with E-state index in [0.29, 0.717) is 11.8 Å². The molecule has 1 N–H and O–H groups in total. The van der Waals surface area contributed by atoms with Crippen molar-refractivity contribution in [1.82, 2.24) is 9.95 Å². The Labute approximate surface area is 67.2 Å². The van der Waals surface area contributed by atoms with Crippen LogP contribution in [0.15, 0.2) is 17.1 Å². The zero-order chi connectivity index (χ0) is 8.27. The van der Waals surface area contributed by atoms with Gasteiger partial charge in [-0.25, -0.2) is 5.43 Å². The third-order valence-electron chi connectivity index (χ3n) is 0.886. The fraction of sp³-hybridized carbons (Fsp3) is 0.400. The minimum Gasteiger partial charge on any atom is -0.246 e. The molecule has 6 heteroatoms. The van der Waals surface area contributed by atoms with Crippen molar-refractivity contribution in [3.8, 4) is 0 Å². The van der Waals surface area contributed by atoms with E-state index in [1.54, 1.807) is 0 Å². The summed E-state index contributed by atoms with van der Waals surface area (Å²) in [5, 5.41) is 3.34. The number of halogens is 2. The quantitative estimate of drug-likeness (QED) is 0.515. The van der Waals surface area contributed by atoms with Crippen molar-refractivity contribution in [2.75, 3.05) is 5.75 Å². The number of hydrazone groups is 1. The van der Waals surface area contributed by atoms with Gasteiger partial charge in [-0.2, -0.15) is 8.78 Å². The van der Waals surface area contributed by atoms with Crippen LogP contribution in [0.5, 0.6) is 0 Å². The van der Waals surface area contributed by atoms with Gasteiger partial charge in [0.15, 0.2) is 0 Å². The van der Waals surface area contributed by atoms with Crippen LogP contribution in [0.25, 0.3) is 0 Å². The molecule has 0 atom stereocenters. The summed E-state index contributed by atoms with van der Waals surface area (Å²) in [6.07, 6.45) is 0.687. The highest BCUT2D eigenvalue weighted by Crippen LogP contribution is 2.13. The second-order valence-electron chi connectivity index (χ2n) is 1.72. The highest BCUT2D eigenvalue weighted by molar-refractivity contribution is 7.96. The maximum Gasteiger partial charge on any atom is 0.238 e. The maximum absolute atomic E-state index is 12.4. The minimum atomic E-state index is -0.831. The molecular formula is C5H7F2N3S. The van der Waals surface area contributed by atoms with Gasteiger partial charge in [-0.1, -0.05) is 6.92 Å². The molecule has 3 nitrogen and oxygen atoms in total. The molecule has 1 aliphatic heterocycles. The molecule has 0 bridgehead atoms. The van der Waals surface area contributed by atoms with Crippen LogP contribution >= 0.6 is 11.9 Å². The Bertz CT molecular complexity index is 204. The molecule has 0 fully saturated rings. The number of rotatable bonds is 2. The van der Waals surface area contributed by atoms with Crippen molar-refractivity contribution < 1.29 is 8.78 Å². The van der Waals surface area contributed by atoms with Crippen molar-refractivity contribution >= 4 is 17.9 Å². The molecule has 0 saturated carbocycles. The lowest BCUT2D eigenvalue weighted by molar-refractivity contribution is 0.341. The summed E-state index contributed by atoms with van der Waals surface area (Å²) >= 11 is 1.17. The van der Waals surface area contributed by atoms with Gasteiger partial charge in [-0.3, -0.25) is 0 Å². The van der Waals surface area contributed by atoms with E-state index in [0.717, 1.165) is 4.52 Å². The molecule has 0 saturated heterocycles. The molecule has 1 heterocycles.